The monoisotopic (exact) mass is 494 g/mol. The zero-order valence-electron chi connectivity index (χ0n) is 20.5. The van der Waals surface area contributed by atoms with Gasteiger partial charge in [0, 0.05) is 6.20 Å². The lowest BCUT2D eigenvalue weighted by Crippen LogP contribution is -2.44. The van der Waals surface area contributed by atoms with Gasteiger partial charge in [-0.2, -0.15) is 0 Å². The molecule has 0 N–H and O–H groups in total. The van der Waals surface area contributed by atoms with Crippen LogP contribution in [0.2, 0.25) is 0 Å². The molecule has 3 aliphatic rings. The Kier molecular flexibility index (Phi) is 5.56. The van der Waals surface area contributed by atoms with Crippen LogP contribution >= 0.6 is 0 Å². The number of ether oxygens (including phenoxy) is 2. The van der Waals surface area contributed by atoms with Crippen molar-refractivity contribution in [2.45, 2.75) is 18.6 Å². The maximum atomic E-state index is 14.2. The highest BCUT2D eigenvalue weighted by atomic mass is 16.5. The summed E-state index contributed by atoms with van der Waals surface area (Å²) in [6.07, 6.45) is 3.79. The van der Waals surface area contributed by atoms with E-state index in [4.69, 9.17) is 9.47 Å². The highest BCUT2D eigenvalue weighted by Gasteiger charge is 2.64. The second-order valence-electron chi connectivity index (χ2n) is 9.51. The summed E-state index contributed by atoms with van der Waals surface area (Å²) in [6, 6.07) is 21.0. The van der Waals surface area contributed by atoms with Crippen LogP contribution in [0.1, 0.15) is 33.1 Å². The molecule has 0 aromatic heterocycles. The van der Waals surface area contributed by atoms with E-state index in [-0.39, 0.29) is 24.1 Å². The van der Waals surface area contributed by atoms with Crippen molar-refractivity contribution in [3.63, 3.8) is 0 Å². The summed E-state index contributed by atoms with van der Waals surface area (Å²) in [7, 11) is 3.03. The molecule has 3 aromatic carbocycles. The van der Waals surface area contributed by atoms with Crippen LogP contribution in [0, 0.1) is 11.8 Å². The van der Waals surface area contributed by atoms with E-state index in [1.807, 2.05) is 71.8 Å². The lowest BCUT2D eigenvalue weighted by atomic mass is 9.83. The SMILES string of the molecule is COc1ccc(OC)c(C(=O)[C@H]2[C@H]3C(=O)N(Cc4ccccc4)C(=O)[C@@H]3[C@H]3c4ccccc4C=CN32)c1. The Labute approximate surface area is 214 Å². The van der Waals surface area contributed by atoms with Gasteiger partial charge in [0.25, 0.3) is 0 Å². The van der Waals surface area contributed by atoms with E-state index in [2.05, 4.69) is 0 Å². The van der Waals surface area contributed by atoms with Gasteiger partial charge in [-0.05, 0) is 41.0 Å². The minimum Gasteiger partial charge on any atom is -0.497 e. The largest absolute Gasteiger partial charge is 0.497 e. The van der Waals surface area contributed by atoms with Crippen molar-refractivity contribution in [3.8, 4) is 11.5 Å². The van der Waals surface area contributed by atoms with Crippen LogP contribution in [-0.4, -0.2) is 47.7 Å². The third-order valence-corrected chi connectivity index (χ3v) is 7.68. The van der Waals surface area contributed by atoms with Gasteiger partial charge in [0.15, 0.2) is 5.78 Å². The first-order chi connectivity index (χ1) is 18.0. The average molecular weight is 495 g/mol. The van der Waals surface area contributed by atoms with Gasteiger partial charge < -0.3 is 14.4 Å². The lowest BCUT2D eigenvalue weighted by Gasteiger charge is -2.35. The average Bonchev–Trinajstić information content (AvgIpc) is 3.41. The molecule has 3 aliphatic heterocycles. The Morgan fingerprint density at radius 1 is 0.865 bits per heavy atom. The van der Waals surface area contributed by atoms with Crippen LogP contribution in [0.3, 0.4) is 0 Å². The fraction of sp³-hybridized carbons (Fsp3) is 0.233. The predicted molar refractivity (Wildman–Crippen MR) is 137 cm³/mol. The van der Waals surface area contributed by atoms with E-state index < -0.39 is 23.9 Å². The van der Waals surface area contributed by atoms with Gasteiger partial charge in [0.05, 0.1) is 44.2 Å². The number of carbonyl (C=O) groups is 3. The Bertz CT molecular complexity index is 1430. The van der Waals surface area contributed by atoms with Crippen LogP contribution in [0.15, 0.2) is 79.0 Å². The van der Waals surface area contributed by atoms with E-state index in [9.17, 15) is 14.4 Å². The van der Waals surface area contributed by atoms with Crippen molar-refractivity contribution in [2.24, 2.45) is 11.8 Å². The number of nitrogens with zero attached hydrogens (tertiary/aromatic N) is 2. The van der Waals surface area contributed by atoms with Gasteiger partial charge in [-0.1, -0.05) is 54.6 Å². The zero-order valence-corrected chi connectivity index (χ0v) is 20.5. The molecule has 0 saturated carbocycles. The number of likely N-dealkylation sites (tertiary alicyclic amines) is 1. The molecule has 4 atom stereocenters. The molecule has 2 amide bonds. The molecule has 3 heterocycles. The molecule has 2 saturated heterocycles. The lowest BCUT2D eigenvalue weighted by molar-refractivity contribution is -0.142. The van der Waals surface area contributed by atoms with Gasteiger partial charge in [0.1, 0.15) is 17.5 Å². The summed E-state index contributed by atoms with van der Waals surface area (Å²) >= 11 is 0. The standard InChI is InChI=1S/C30H26N2O5/c1-36-20-12-13-23(37-2)22(16-20)28(33)27-25-24(26-21-11-7-6-10-19(21)14-15-31(26)27)29(34)32(30(25)35)17-18-8-4-3-5-9-18/h3-16,24-27H,17H2,1-2H3/t24-,25-,26+,27+/m0/s1. The Balaban J connectivity index is 1.47. The molecule has 7 heteroatoms. The van der Waals surface area contributed by atoms with Crippen molar-refractivity contribution < 1.29 is 23.9 Å². The molecule has 3 aromatic rings. The Morgan fingerprint density at radius 2 is 1.59 bits per heavy atom. The number of Topliss-reactive ketones (excluding diaryl/α,β-unsaturated/α-hetero) is 1. The molecule has 0 radical (unpaired) electrons. The fourth-order valence-corrected chi connectivity index (χ4v) is 6.01. The van der Waals surface area contributed by atoms with Gasteiger partial charge in [-0.3, -0.25) is 19.3 Å². The number of fused-ring (bicyclic) bond motifs is 5. The number of ketones is 1. The smallest absolute Gasteiger partial charge is 0.236 e. The van der Waals surface area contributed by atoms with E-state index >= 15 is 0 Å². The number of rotatable bonds is 6. The van der Waals surface area contributed by atoms with Crippen molar-refractivity contribution in [3.05, 3.63) is 101 Å². The first-order valence-electron chi connectivity index (χ1n) is 12.2. The van der Waals surface area contributed by atoms with Gasteiger partial charge in [-0.25, -0.2) is 0 Å². The van der Waals surface area contributed by atoms with E-state index in [1.165, 1.54) is 19.1 Å². The van der Waals surface area contributed by atoms with Gasteiger partial charge >= 0.3 is 0 Å². The first kappa shape index (κ1) is 23.0. The number of imide groups is 1. The van der Waals surface area contributed by atoms with Crippen molar-refractivity contribution in [2.75, 3.05) is 14.2 Å². The number of hydrogen-bond acceptors (Lipinski definition) is 6. The van der Waals surface area contributed by atoms with Crippen LogP contribution < -0.4 is 9.47 Å². The third kappa shape index (κ3) is 3.53. The van der Waals surface area contributed by atoms with Crippen LogP contribution in [0.4, 0.5) is 0 Å². The summed E-state index contributed by atoms with van der Waals surface area (Å²) in [5, 5.41) is 0. The summed E-state index contributed by atoms with van der Waals surface area (Å²) < 4.78 is 10.9. The number of methoxy groups -OCH3 is 2. The molecule has 0 spiro atoms. The van der Waals surface area contributed by atoms with Crippen LogP contribution in [0.25, 0.3) is 6.08 Å². The molecule has 0 unspecified atom stereocenters. The fourth-order valence-electron chi connectivity index (χ4n) is 6.01. The summed E-state index contributed by atoms with van der Waals surface area (Å²) in [5.74, 6) is -1.43. The Morgan fingerprint density at radius 3 is 2.35 bits per heavy atom. The molecule has 186 valence electrons. The highest BCUT2D eigenvalue weighted by Crippen LogP contribution is 2.53. The molecule has 0 aliphatic carbocycles. The zero-order chi connectivity index (χ0) is 25.7. The Hall–Kier alpha value is -4.39. The minimum atomic E-state index is -0.863. The van der Waals surface area contributed by atoms with E-state index in [0.29, 0.717) is 17.1 Å². The normalized spacial score (nSPS) is 23.5. The van der Waals surface area contributed by atoms with Gasteiger partial charge in [0.2, 0.25) is 11.8 Å². The topological polar surface area (TPSA) is 76.1 Å². The quantitative estimate of drug-likeness (QED) is 0.380. The number of amides is 2. The molecular weight excluding hydrogens is 468 g/mol. The molecule has 2 fully saturated rings. The molecule has 6 rings (SSSR count). The van der Waals surface area contributed by atoms with Crippen molar-refractivity contribution in [1.29, 1.82) is 0 Å². The first-order valence-corrected chi connectivity index (χ1v) is 12.2. The minimum absolute atomic E-state index is 0.180. The van der Waals surface area contributed by atoms with Gasteiger partial charge in [-0.15, -0.1) is 0 Å². The van der Waals surface area contributed by atoms with Crippen LogP contribution in [-0.2, 0) is 16.1 Å². The van der Waals surface area contributed by atoms with E-state index in [1.54, 1.807) is 18.2 Å². The van der Waals surface area contributed by atoms with Crippen molar-refractivity contribution >= 4 is 23.7 Å². The summed E-state index contributed by atoms with van der Waals surface area (Å²) in [6.45, 7) is 0.180. The van der Waals surface area contributed by atoms with Crippen molar-refractivity contribution in [1.82, 2.24) is 9.80 Å². The molecule has 37 heavy (non-hydrogen) atoms. The van der Waals surface area contributed by atoms with Crippen LogP contribution in [0.5, 0.6) is 11.5 Å². The third-order valence-electron chi connectivity index (χ3n) is 7.68. The number of hydrogen-bond donors (Lipinski definition) is 0. The predicted octanol–water partition coefficient (Wildman–Crippen LogP) is 4.10. The molecular formula is C30H26N2O5. The maximum absolute atomic E-state index is 14.2. The second kappa shape index (κ2) is 8.92. The summed E-state index contributed by atoms with van der Waals surface area (Å²) in [5.41, 5.74) is 3.11. The second-order valence-corrected chi connectivity index (χ2v) is 9.51. The summed E-state index contributed by atoms with van der Waals surface area (Å²) in [4.78, 5) is 45.3. The maximum Gasteiger partial charge on any atom is 0.236 e. The number of carbonyl (C=O) groups excluding carboxylic acids is 3. The molecule has 0 bridgehead atoms. The number of benzene rings is 3. The molecule has 7 nitrogen and oxygen atoms in total. The highest BCUT2D eigenvalue weighted by molar-refractivity contribution is 6.12. The van der Waals surface area contributed by atoms with E-state index in [0.717, 1.165) is 16.7 Å².